The summed E-state index contributed by atoms with van der Waals surface area (Å²) < 4.78 is 6.82. The summed E-state index contributed by atoms with van der Waals surface area (Å²) in [4.78, 5) is 48.2. The van der Waals surface area contributed by atoms with E-state index in [0.717, 1.165) is 24.8 Å². The maximum atomic E-state index is 14.4. The molecule has 8 heteroatoms. The van der Waals surface area contributed by atoms with Gasteiger partial charge in [0.1, 0.15) is 11.6 Å². The average molecular weight is 566 g/mol. The number of unbranched alkanes of at least 4 members (excludes halogenated alkanes) is 3. The standard InChI is InChI=1S/C33H47N3O5/c1-5-8-12-21-34(19-6-2)31(40)28-33-18-17-32(4,41-33)26(27(33)30(39)36(28)22-13-14-23-37)29(38)35(20-7-3)24-25-15-10-9-11-16-25/h6-7,9-11,15-16,26-28,37H,2-3,5,8,12-14,17-24H2,1,4H3/t26-,27-,28?,32+,33?/m0/s1. The van der Waals surface area contributed by atoms with Crippen molar-refractivity contribution in [3.63, 3.8) is 0 Å². The van der Waals surface area contributed by atoms with Crippen LogP contribution in [0.25, 0.3) is 0 Å². The second-order valence-corrected chi connectivity index (χ2v) is 12.0. The van der Waals surface area contributed by atoms with Crippen molar-refractivity contribution < 1.29 is 24.2 Å². The number of carbonyl (C=O) groups excluding carboxylic acids is 3. The summed E-state index contributed by atoms with van der Waals surface area (Å²) in [6.45, 7) is 13.9. The maximum Gasteiger partial charge on any atom is 0.248 e. The maximum absolute atomic E-state index is 14.4. The van der Waals surface area contributed by atoms with Crippen LogP contribution in [0.3, 0.4) is 0 Å². The zero-order valence-electron chi connectivity index (χ0n) is 24.8. The number of likely N-dealkylation sites (tertiary alicyclic amines) is 1. The minimum absolute atomic E-state index is 0.0144. The molecule has 0 radical (unpaired) electrons. The molecule has 2 bridgehead atoms. The van der Waals surface area contributed by atoms with Crippen molar-refractivity contribution in [2.24, 2.45) is 11.8 Å². The van der Waals surface area contributed by atoms with Crippen LogP contribution in [0.4, 0.5) is 0 Å². The largest absolute Gasteiger partial charge is 0.396 e. The van der Waals surface area contributed by atoms with Crippen LogP contribution in [-0.4, -0.2) is 87.6 Å². The zero-order valence-corrected chi connectivity index (χ0v) is 24.8. The molecule has 0 saturated carbocycles. The Hall–Kier alpha value is -2.97. The first-order chi connectivity index (χ1) is 19.8. The van der Waals surface area contributed by atoms with Gasteiger partial charge in [0.05, 0.1) is 17.4 Å². The van der Waals surface area contributed by atoms with E-state index in [0.29, 0.717) is 58.4 Å². The van der Waals surface area contributed by atoms with E-state index in [4.69, 9.17) is 4.74 Å². The summed E-state index contributed by atoms with van der Waals surface area (Å²) in [5.74, 6) is -1.89. The molecule has 4 rings (SSSR count). The van der Waals surface area contributed by atoms with Gasteiger partial charge in [-0.15, -0.1) is 13.2 Å². The molecule has 3 aliphatic rings. The van der Waals surface area contributed by atoms with E-state index in [1.54, 1.807) is 26.9 Å². The van der Waals surface area contributed by atoms with Gasteiger partial charge < -0.3 is 24.5 Å². The number of nitrogens with zero attached hydrogens (tertiary/aromatic N) is 3. The van der Waals surface area contributed by atoms with Crippen LogP contribution in [0.1, 0.15) is 64.4 Å². The van der Waals surface area contributed by atoms with Gasteiger partial charge in [0.2, 0.25) is 17.7 Å². The van der Waals surface area contributed by atoms with E-state index in [2.05, 4.69) is 20.1 Å². The summed E-state index contributed by atoms with van der Waals surface area (Å²) in [6, 6.07) is 8.99. The third-order valence-electron chi connectivity index (χ3n) is 9.15. The quantitative estimate of drug-likeness (QED) is 0.242. The van der Waals surface area contributed by atoms with Gasteiger partial charge >= 0.3 is 0 Å². The Kier molecular flexibility index (Phi) is 10.1. The highest BCUT2D eigenvalue weighted by Crippen LogP contribution is 2.63. The van der Waals surface area contributed by atoms with Gasteiger partial charge in [0.15, 0.2) is 0 Å². The van der Waals surface area contributed by atoms with Crippen molar-refractivity contribution in [2.45, 2.75) is 82.6 Å². The van der Waals surface area contributed by atoms with E-state index in [1.165, 1.54) is 0 Å². The molecule has 41 heavy (non-hydrogen) atoms. The minimum Gasteiger partial charge on any atom is -0.396 e. The van der Waals surface area contributed by atoms with Crippen LogP contribution < -0.4 is 0 Å². The summed E-state index contributed by atoms with van der Waals surface area (Å²) in [5, 5.41) is 9.43. The van der Waals surface area contributed by atoms with Gasteiger partial charge in [-0.25, -0.2) is 0 Å². The lowest BCUT2D eigenvalue weighted by atomic mass is 9.66. The fraction of sp³-hybridized carbons (Fsp3) is 0.606. The summed E-state index contributed by atoms with van der Waals surface area (Å²) in [7, 11) is 0. The number of ether oxygens (including phenoxy) is 1. The van der Waals surface area contributed by atoms with Crippen molar-refractivity contribution in [2.75, 3.05) is 32.8 Å². The lowest BCUT2D eigenvalue weighted by Crippen LogP contribution is -2.56. The van der Waals surface area contributed by atoms with Gasteiger partial charge in [-0.3, -0.25) is 14.4 Å². The Labute approximate surface area is 245 Å². The molecule has 3 saturated heterocycles. The highest BCUT2D eigenvalue weighted by Gasteiger charge is 2.78. The molecule has 0 aromatic heterocycles. The molecule has 8 nitrogen and oxygen atoms in total. The molecule has 0 aliphatic carbocycles. The number of fused-ring (bicyclic) bond motifs is 1. The van der Waals surface area contributed by atoms with Crippen LogP contribution in [0.5, 0.6) is 0 Å². The number of hydrogen-bond acceptors (Lipinski definition) is 5. The van der Waals surface area contributed by atoms with Crippen molar-refractivity contribution in [1.82, 2.24) is 14.7 Å². The molecule has 1 spiro atoms. The van der Waals surface area contributed by atoms with Crippen molar-refractivity contribution in [3.05, 3.63) is 61.2 Å². The number of carbonyl (C=O) groups is 3. The number of aliphatic hydroxyl groups is 1. The number of aliphatic hydroxyl groups excluding tert-OH is 1. The second-order valence-electron chi connectivity index (χ2n) is 12.0. The second kappa shape index (κ2) is 13.3. The SMILES string of the molecule is C=CCN(CCCCC)C(=O)C1N(CCCCO)C(=O)[C@@H]2[C@@H](C(=O)N(CC=C)Cc3ccccc3)[C@@]3(C)CCC12O3. The molecule has 3 amide bonds. The summed E-state index contributed by atoms with van der Waals surface area (Å²) in [6.07, 6.45) is 8.59. The highest BCUT2D eigenvalue weighted by atomic mass is 16.5. The minimum atomic E-state index is -1.06. The first-order valence-corrected chi connectivity index (χ1v) is 15.2. The molecular formula is C33H47N3O5. The van der Waals surface area contributed by atoms with Gasteiger partial charge in [-0.2, -0.15) is 0 Å². The average Bonchev–Trinajstić information content (AvgIpc) is 3.53. The van der Waals surface area contributed by atoms with Crippen LogP contribution in [0.15, 0.2) is 55.6 Å². The van der Waals surface area contributed by atoms with Crippen LogP contribution in [-0.2, 0) is 25.7 Å². The fourth-order valence-corrected chi connectivity index (χ4v) is 7.28. The van der Waals surface area contributed by atoms with E-state index in [1.807, 2.05) is 37.3 Å². The van der Waals surface area contributed by atoms with Gasteiger partial charge in [-0.1, -0.05) is 62.2 Å². The number of amides is 3. The summed E-state index contributed by atoms with van der Waals surface area (Å²) >= 11 is 0. The summed E-state index contributed by atoms with van der Waals surface area (Å²) in [5.41, 5.74) is -0.899. The Morgan fingerprint density at radius 3 is 2.41 bits per heavy atom. The normalized spacial score (nSPS) is 28.0. The Bertz CT molecular complexity index is 1110. The van der Waals surface area contributed by atoms with Crippen LogP contribution >= 0.6 is 0 Å². The number of hydrogen-bond donors (Lipinski definition) is 1. The topological polar surface area (TPSA) is 90.4 Å². The predicted octanol–water partition coefficient (Wildman–Crippen LogP) is 3.94. The Morgan fingerprint density at radius 1 is 1.05 bits per heavy atom. The molecule has 3 heterocycles. The molecule has 5 atom stereocenters. The molecular weight excluding hydrogens is 518 g/mol. The van der Waals surface area contributed by atoms with Crippen molar-refractivity contribution in [1.29, 1.82) is 0 Å². The molecule has 2 unspecified atom stereocenters. The first kappa shape index (κ1) is 31.0. The molecule has 224 valence electrons. The number of rotatable bonds is 16. The Morgan fingerprint density at radius 2 is 1.76 bits per heavy atom. The van der Waals surface area contributed by atoms with Crippen molar-refractivity contribution >= 4 is 17.7 Å². The Balaban J connectivity index is 1.70. The zero-order chi connectivity index (χ0) is 29.6. The third kappa shape index (κ3) is 5.86. The smallest absolute Gasteiger partial charge is 0.248 e. The molecule has 3 aliphatic heterocycles. The number of benzene rings is 1. The van der Waals surface area contributed by atoms with Gasteiger partial charge in [-0.05, 0) is 44.6 Å². The predicted molar refractivity (Wildman–Crippen MR) is 159 cm³/mol. The van der Waals surface area contributed by atoms with Gasteiger partial charge in [0.25, 0.3) is 0 Å². The van der Waals surface area contributed by atoms with E-state index in [-0.39, 0.29) is 24.3 Å². The first-order valence-electron chi connectivity index (χ1n) is 15.2. The molecule has 1 aromatic rings. The van der Waals surface area contributed by atoms with Gasteiger partial charge in [0, 0.05) is 39.3 Å². The van der Waals surface area contributed by atoms with Crippen LogP contribution in [0, 0.1) is 11.8 Å². The van der Waals surface area contributed by atoms with Crippen molar-refractivity contribution in [3.8, 4) is 0 Å². The highest BCUT2D eigenvalue weighted by molar-refractivity contribution is 5.99. The molecule has 1 aromatic carbocycles. The molecule has 3 fully saturated rings. The lowest BCUT2D eigenvalue weighted by molar-refractivity contribution is -0.153. The van der Waals surface area contributed by atoms with E-state index in [9.17, 15) is 19.5 Å². The molecule has 1 N–H and O–H groups in total. The monoisotopic (exact) mass is 565 g/mol. The lowest BCUT2D eigenvalue weighted by Gasteiger charge is -2.37. The van der Waals surface area contributed by atoms with Crippen LogP contribution in [0.2, 0.25) is 0 Å². The van der Waals surface area contributed by atoms with E-state index >= 15 is 0 Å². The third-order valence-corrected chi connectivity index (χ3v) is 9.15. The van der Waals surface area contributed by atoms with E-state index < -0.39 is 29.1 Å². The fourth-order valence-electron chi connectivity index (χ4n) is 7.28.